The van der Waals surface area contributed by atoms with Crippen molar-refractivity contribution in [2.75, 3.05) is 39.8 Å². The molecule has 3 nitrogen and oxygen atoms in total. The van der Waals surface area contributed by atoms with Crippen LogP contribution in [0.4, 0.5) is 0 Å². The van der Waals surface area contributed by atoms with Crippen LogP contribution in [-0.2, 0) is 0 Å². The smallest absolute Gasteiger partial charge is 0.0735 e. The van der Waals surface area contributed by atoms with Crippen LogP contribution in [0.25, 0.3) is 10.8 Å². The monoisotopic (exact) mass is 338 g/mol. The fourth-order valence-corrected chi connectivity index (χ4v) is 4.60. The predicted octanol–water partition coefficient (Wildman–Crippen LogP) is 3.33. The Kier molecular flexibility index (Phi) is 5.07. The molecule has 0 unspecified atom stereocenters. The molecule has 4 rings (SSSR count). The van der Waals surface area contributed by atoms with Crippen LogP contribution in [0.1, 0.15) is 30.7 Å². The topological polar surface area (TPSA) is 26.7 Å². The van der Waals surface area contributed by atoms with E-state index < -0.39 is 0 Å². The van der Waals surface area contributed by atoms with E-state index in [1.54, 1.807) is 0 Å². The van der Waals surface area contributed by atoms with Gasteiger partial charge in [0, 0.05) is 19.0 Å². The van der Waals surface area contributed by atoms with Gasteiger partial charge in [0.15, 0.2) is 0 Å². The fourth-order valence-electron chi connectivity index (χ4n) is 4.60. The van der Waals surface area contributed by atoms with Gasteiger partial charge in [0.05, 0.1) is 6.10 Å². The number of aliphatic hydroxyl groups excluding tert-OH is 1. The van der Waals surface area contributed by atoms with E-state index in [-0.39, 0.29) is 12.0 Å². The van der Waals surface area contributed by atoms with Gasteiger partial charge in [-0.05, 0) is 68.2 Å². The summed E-state index contributed by atoms with van der Waals surface area (Å²) in [6.07, 6.45) is 3.42. The van der Waals surface area contributed by atoms with Gasteiger partial charge in [0.1, 0.15) is 0 Å². The first-order chi connectivity index (χ1) is 12.2. The molecule has 25 heavy (non-hydrogen) atoms. The van der Waals surface area contributed by atoms with Gasteiger partial charge in [-0.15, -0.1) is 0 Å². The molecule has 2 aromatic carbocycles. The van der Waals surface area contributed by atoms with Crippen molar-refractivity contribution in [3.63, 3.8) is 0 Å². The predicted molar refractivity (Wildman–Crippen MR) is 104 cm³/mol. The minimum Gasteiger partial charge on any atom is -0.391 e. The molecule has 0 aliphatic carbocycles. The summed E-state index contributed by atoms with van der Waals surface area (Å²) in [4.78, 5) is 4.93. The minimum atomic E-state index is -0.249. The molecule has 1 N–H and O–H groups in total. The van der Waals surface area contributed by atoms with Gasteiger partial charge in [-0.3, -0.25) is 0 Å². The van der Waals surface area contributed by atoms with Gasteiger partial charge in [0.2, 0.25) is 0 Å². The Balaban J connectivity index is 1.39. The van der Waals surface area contributed by atoms with Crippen molar-refractivity contribution < 1.29 is 5.11 Å². The zero-order valence-corrected chi connectivity index (χ0v) is 15.3. The average molecular weight is 338 g/mol. The molecule has 2 heterocycles. The maximum absolute atomic E-state index is 10.8. The lowest BCUT2D eigenvalue weighted by Gasteiger charge is -2.39. The number of nitrogens with zero attached hydrogens (tertiary/aromatic N) is 2. The standard InChI is InChI=1S/C22H30N2O/c1-23-11-8-17(9-12-23)15-24-13-10-21(22(25)16-24)20-7-6-18-4-2-3-5-19(18)14-20/h2-7,14,17,21-22,25H,8-13,15-16H2,1H3/t21-,22+/m1/s1. The lowest BCUT2D eigenvalue weighted by atomic mass is 9.85. The lowest BCUT2D eigenvalue weighted by molar-refractivity contribution is 0.0379. The number of hydrogen-bond donors (Lipinski definition) is 1. The molecule has 134 valence electrons. The lowest BCUT2D eigenvalue weighted by Crippen LogP contribution is -2.46. The number of piperidine rings is 2. The van der Waals surface area contributed by atoms with E-state index in [0.717, 1.165) is 32.0 Å². The summed E-state index contributed by atoms with van der Waals surface area (Å²) in [6.45, 7) is 5.54. The molecule has 3 heteroatoms. The van der Waals surface area contributed by atoms with Crippen LogP contribution in [0.5, 0.6) is 0 Å². The number of fused-ring (bicyclic) bond motifs is 1. The molecule has 0 spiro atoms. The highest BCUT2D eigenvalue weighted by Gasteiger charge is 2.30. The maximum Gasteiger partial charge on any atom is 0.0735 e. The first-order valence-corrected chi connectivity index (χ1v) is 9.77. The molecule has 0 amide bonds. The summed E-state index contributed by atoms with van der Waals surface area (Å²) in [5.41, 5.74) is 1.30. The Morgan fingerprint density at radius 2 is 1.72 bits per heavy atom. The molecule has 2 aliphatic heterocycles. The number of aliphatic hydroxyl groups is 1. The molecule has 2 aromatic rings. The van der Waals surface area contributed by atoms with Gasteiger partial charge < -0.3 is 14.9 Å². The van der Waals surface area contributed by atoms with E-state index in [4.69, 9.17) is 0 Å². The fraction of sp³-hybridized carbons (Fsp3) is 0.545. The zero-order chi connectivity index (χ0) is 17.2. The van der Waals surface area contributed by atoms with Crippen molar-refractivity contribution >= 4 is 10.8 Å². The van der Waals surface area contributed by atoms with Crippen LogP contribution in [0, 0.1) is 5.92 Å². The SMILES string of the molecule is CN1CCC(CN2CC[C@H](c3ccc4ccccc4c3)[C@@H](O)C2)CC1. The first-order valence-electron chi connectivity index (χ1n) is 9.77. The van der Waals surface area contributed by atoms with Crippen LogP contribution in [-0.4, -0.2) is 60.8 Å². The number of benzene rings is 2. The number of rotatable bonds is 3. The molecule has 2 aliphatic rings. The maximum atomic E-state index is 10.8. The third-order valence-electron chi connectivity index (χ3n) is 6.22. The third-order valence-corrected chi connectivity index (χ3v) is 6.22. The molecular weight excluding hydrogens is 308 g/mol. The highest BCUT2D eigenvalue weighted by Crippen LogP contribution is 2.31. The first kappa shape index (κ1) is 17.0. The number of likely N-dealkylation sites (tertiary alicyclic amines) is 2. The minimum absolute atomic E-state index is 0.249. The second-order valence-electron chi connectivity index (χ2n) is 8.08. The van der Waals surface area contributed by atoms with E-state index in [9.17, 15) is 5.11 Å². The van der Waals surface area contributed by atoms with Crippen LogP contribution < -0.4 is 0 Å². The second-order valence-corrected chi connectivity index (χ2v) is 8.08. The summed E-state index contributed by atoms with van der Waals surface area (Å²) >= 11 is 0. The number of hydrogen-bond acceptors (Lipinski definition) is 3. The van der Waals surface area contributed by atoms with Crippen molar-refractivity contribution in [2.24, 2.45) is 5.92 Å². The van der Waals surface area contributed by atoms with E-state index in [1.165, 1.54) is 42.3 Å². The van der Waals surface area contributed by atoms with Gasteiger partial charge >= 0.3 is 0 Å². The number of β-amino-alcohol motifs (C(OH)–C–C–N with tert-alkyl or cyclic N) is 1. The Labute approximate surface area is 151 Å². The highest BCUT2D eigenvalue weighted by molar-refractivity contribution is 5.83. The Morgan fingerprint density at radius 1 is 0.960 bits per heavy atom. The van der Waals surface area contributed by atoms with Gasteiger partial charge in [-0.25, -0.2) is 0 Å². The molecular formula is C22H30N2O. The summed E-state index contributed by atoms with van der Waals surface area (Å²) in [7, 11) is 2.22. The summed E-state index contributed by atoms with van der Waals surface area (Å²) in [5, 5.41) is 13.3. The van der Waals surface area contributed by atoms with Gasteiger partial charge in [0.25, 0.3) is 0 Å². The Hall–Kier alpha value is -1.42. The third kappa shape index (κ3) is 3.89. The van der Waals surface area contributed by atoms with Crippen LogP contribution in [0.3, 0.4) is 0 Å². The quantitative estimate of drug-likeness (QED) is 0.930. The second kappa shape index (κ2) is 7.45. The van der Waals surface area contributed by atoms with E-state index in [2.05, 4.69) is 59.3 Å². The van der Waals surface area contributed by atoms with Crippen molar-refractivity contribution in [1.29, 1.82) is 0 Å². The van der Waals surface area contributed by atoms with E-state index >= 15 is 0 Å². The van der Waals surface area contributed by atoms with E-state index in [0.29, 0.717) is 0 Å². The molecule has 0 aromatic heterocycles. The Bertz CT molecular complexity index is 708. The molecule has 0 saturated carbocycles. The summed E-state index contributed by atoms with van der Waals surface area (Å²) < 4.78 is 0. The van der Waals surface area contributed by atoms with Crippen molar-refractivity contribution in [1.82, 2.24) is 9.80 Å². The van der Waals surface area contributed by atoms with Crippen molar-refractivity contribution in [3.05, 3.63) is 48.0 Å². The van der Waals surface area contributed by atoms with Gasteiger partial charge in [-0.2, -0.15) is 0 Å². The van der Waals surface area contributed by atoms with Crippen molar-refractivity contribution in [2.45, 2.75) is 31.3 Å². The largest absolute Gasteiger partial charge is 0.391 e. The molecule has 0 radical (unpaired) electrons. The molecule has 2 fully saturated rings. The molecule has 2 saturated heterocycles. The van der Waals surface area contributed by atoms with E-state index in [1.807, 2.05) is 0 Å². The zero-order valence-electron chi connectivity index (χ0n) is 15.3. The van der Waals surface area contributed by atoms with Gasteiger partial charge in [-0.1, -0.05) is 42.5 Å². The van der Waals surface area contributed by atoms with Crippen LogP contribution >= 0.6 is 0 Å². The average Bonchev–Trinajstić information content (AvgIpc) is 2.63. The van der Waals surface area contributed by atoms with Crippen LogP contribution in [0.2, 0.25) is 0 Å². The van der Waals surface area contributed by atoms with Crippen LogP contribution in [0.15, 0.2) is 42.5 Å². The normalized spacial score (nSPS) is 27.0. The van der Waals surface area contributed by atoms with Crippen molar-refractivity contribution in [3.8, 4) is 0 Å². The molecule has 2 atom stereocenters. The summed E-state index contributed by atoms with van der Waals surface area (Å²) in [6, 6.07) is 15.2. The highest BCUT2D eigenvalue weighted by atomic mass is 16.3. The Morgan fingerprint density at radius 3 is 2.48 bits per heavy atom. The molecule has 0 bridgehead atoms. The summed E-state index contributed by atoms with van der Waals surface area (Å²) in [5.74, 6) is 1.08.